The van der Waals surface area contributed by atoms with Crippen LogP contribution in [-0.2, 0) is 55.7 Å². The molecule has 4 aliphatic heterocycles. The van der Waals surface area contributed by atoms with Crippen LogP contribution in [-0.4, -0.2) is 105 Å². The van der Waals surface area contributed by atoms with Crippen LogP contribution < -0.4 is 18.9 Å². The molecule has 6 aliphatic carbocycles. The second kappa shape index (κ2) is 12.7. The van der Waals surface area contributed by atoms with Crippen LogP contribution in [0.15, 0.2) is 36.4 Å². The van der Waals surface area contributed by atoms with Gasteiger partial charge in [-0.15, -0.1) is 11.3 Å². The molecule has 2 spiro atoms. The number of benzene rings is 2. The average Bonchev–Trinajstić information content (AvgIpc) is 4.12. The van der Waals surface area contributed by atoms with E-state index in [-0.39, 0.29) is 60.8 Å². The topological polar surface area (TPSA) is 152 Å². The second-order valence-electron chi connectivity index (χ2n) is 20.1. The summed E-state index contributed by atoms with van der Waals surface area (Å²) in [7, 11) is 0. The summed E-state index contributed by atoms with van der Waals surface area (Å²) < 4.78 is 25.0. The summed E-state index contributed by atoms with van der Waals surface area (Å²) in [6.07, 6.45) is 7.16. The number of aliphatic hydroxyl groups is 2. The lowest BCUT2D eigenvalue weighted by molar-refractivity contribution is -0.188. The molecule has 4 saturated carbocycles. The predicted molar refractivity (Wildman–Crippen MR) is 219 cm³/mol. The molecule has 61 heavy (non-hydrogen) atoms. The van der Waals surface area contributed by atoms with Gasteiger partial charge >= 0.3 is 11.9 Å². The van der Waals surface area contributed by atoms with E-state index < -0.39 is 46.2 Å². The van der Waals surface area contributed by atoms with E-state index in [1.165, 1.54) is 37.0 Å². The highest BCUT2D eigenvalue weighted by atomic mass is 32.1. The number of piperidine rings is 2. The van der Waals surface area contributed by atoms with Gasteiger partial charge in [-0.2, -0.15) is 0 Å². The minimum atomic E-state index is -1.10. The van der Waals surface area contributed by atoms with Crippen molar-refractivity contribution < 1.29 is 48.3 Å². The van der Waals surface area contributed by atoms with E-state index in [0.717, 1.165) is 48.4 Å². The van der Waals surface area contributed by atoms with E-state index in [0.29, 0.717) is 71.6 Å². The Bertz CT molecular complexity index is 2310. The van der Waals surface area contributed by atoms with Crippen molar-refractivity contribution in [2.75, 3.05) is 26.2 Å². The Kier molecular flexibility index (Phi) is 7.82. The zero-order valence-corrected chi connectivity index (χ0v) is 34.9. The van der Waals surface area contributed by atoms with Crippen molar-refractivity contribution in [3.63, 3.8) is 0 Å². The maximum absolute atomic E-state index is 13.5. The first-order chi connectivity index (χ1) is 29.5. The van der Waals surface area contributed by atoms with Crippen molar-refractivity contribution in [2.45, 2.75) is 136 Å². The summed E-state index contributed by atoms with van der Waals surface area (Å²) in [5, 5.41) is 25.2. The fourth-order valence-electron chi connectivity index (χ4n) is 13.9. The number of Topliss-reactive ketones (excluding diaryl/α,β-unsaturated/α-hetero) is 2. The highest BCUT2D eigenvalue weighted by molar-refractivity contribution is 7.12. The number of hydrogen-bond donors (Lipinski definition) is 2. The third kappa shape index (κ3) is 5.07. The molecule has 2 aromatic carbocycles. The highest BCUT2D eigenvalue weighted by Gasteiger charge is 2.75. The lowest BCUT2D eigenvalue weighted by atomic mass is 9.49. The van der Waals surface area contributed by atoms with Gasteiger partial charge in [-0.25, -0.2) is 0 Å². The van der Waals surface area contributed by atoms with Crippen molar-refractivity contribution in [2.24, 2.45) is 11.8 Å². The molecule has 12 nitrogen and oxygen atoms in total. The number of ketones is 2. The first kappa shape index (κ1) is 37.4. The molecule has 13 rings (SSSR count). The summed E-state index contributed by atoms with van der Waals surface area (Å²) in [5.41, 5.74) is -0.103. The molecule has 0 radical (unpaired) electrons. The van der Waals surface area contributed by atoms with Crippen LogP contribution >= 0.6 is 11.3 Å². The van der Waals surface area contributed by atoms with Gasteiger partial charge in [0.2, 0.25) is 0 Å². The standard InChI is InChI=1S/C48H50N2O10S/c51-31-11-13-47(55)35-19-27-5-9-33(41-39(27)45(47,43(31)59-41)15-17-49(35)23-25-1-2-25)57-37(53)21-29-7-8-30(61-29)22-38(54)58-34-10-6-28-20-36-48(56)14-12-32(52)44-46(48,40(28)42(34)60-44)16-18-50(36)24-26-3-4-26/h5-10,25-26,35-36,43-44,55-56H,1-4,11-24H2/t35-,36-,43+,44+,45+,46+,47-,48-/m1/s1. The maximum atomic E-state index is 13.5. The lowest BCUT2D eigenvalue weighted by Crippen LogP contribution is -2.76. The molecule has 2 saturated heterocycles. The SMILES string of the molecule is O=C(Cc1ccc(CC(=O)Oc2ccc3c4c2O[C@H]2C(=O)CC[C@@]5(O)[C@@H](C3)N(CC3CC3)CC[C@]425)s1)Oc1ccc2c3c1O[C@H]1C(=O)CC[C@@]4(O)[C@@H](C2)N(CC2CC2)CC[C@]314. The van der Waals surface area contributed by atoms with Crippen molar-refractivity contribution >= 4 is 34.8 Å². The summed E-state index contributed by atoms with van der Waals surface area (Å²) >= 11 is 1.33. The Morgan fingerprint density at radius 3 is 1.52 bits per heavy atom. The minimum Gasteiger partial charge on any atom is -0.477 e. The quantitative estimate of drug-likeness (QED) is 0.221. The number of ether oxygens (including phenoxy) is 4. The van der Waals surface area contributed by atoms with Crippen LogP contribution in [0.2, 0.25) is 0 Å². The van der Waals surface area contributed by atoms with Crippen LogP contribution in [0.1, 0.15) is 96.2 Å². The van der Waals surface area contributed by atoms with Gasteiger partial charge in [0, 0.05) is 58.9 Å². The number of thiophene rings is 1. The van der Waals surface area contributed by atoms with Gasteiger partial charge in [0.1, 0.15) is 0 Å². The maximum Gasteiger partial charge on any atom is 0.316 e. The summed E-state index contributed by atoms with van der Waals surface area (Å²) in [4.78, 5) is 60.4. The number of nitrogens with zero attached hydrogens (tertiary/aromatic N) is 2. The average molecular weight is 847 g/mol. The number of esters is 2. The molecule has 0 amide bonds. The largest absolute Gasteiger partial charge is 0.477 e. The van der Waals surface area contributed by atoms with Gasteiger partial charge < -0.3 is 29.2 Å². The number of hydrogen-bond acceptors (Lipinski definition) is 13. The molecule has 318 valence electrons. The normalized spacial score (nSPS) is 36.2. The zero-order chi connectivity index (χ0) is 41.2. The third-order valence-electron chi connectivity index (χ3n) is 16.9. The molecule has 6 fully saturated rings. The van der Waals surface area contributed by atoms with Crippen LogP contribution in [0.4, 0.5) is 0 Å². The molecule has 10 aliphatic rings. The Morgan fingerprint density at radius 1 is 0.656 bits per heavy atom. The Labute approximate surface area is 357 Å². The molecule has 4 bridgehead atoms. The van der Waals surface area contributed by atoms with Crippen LogP contribution in [0, 0.1) is 11.8 Å². The number of carbonyl (C=O) groups is 4. The third-order valence-corrected chi connectivity index (χ3v) is 18.0. The second-order valence-corrected chi connectivity index (χ2v) is 21.3. The van der Waals surface area contributed by atoms with Crippen molar-refractivity contribution in [1.82, 2.24) is 9.80 Å². The molecular weight excluding hydrogens is 797 g/mol. The Morgan fingerprint density at radius 2 is 1.10 bits per heavy atom. The molecule has 8 atom stereocenters. The number of likely N-dealkylation sites (tertiary alicyclic amines) is 2. The lowest BCUT2D eigenvalue weighted by Gasteiger charge is -2.62. The molecule has 0 unspecified atom stereocenters. The molecular formula is C48H50N2O10S. The predicted octanol–water partition coefficient (Wildman–Crippen LogP) is 4.31. The van der Waals surface area contributed by atoms with Crippen LogP contribution in [0.5, 0.6) is 23.0 Å². The van der Waals surface area contributed by atoms with Gasteiger partial charge in [0.25, 0.3) is 0 Å². The van der Waals surface area contributed by atoms with Gasteiger partial charge in [-0.1, -0.05) is 12.1 Å². The number of rotatable bonds is 10. The van der Waals surface area contributed by atoms with Crippen molar-refractivity contribution in [1.29, 1.82) is 0 Å². The number of carbonyl (C=O) groups excluding carboxylic acids is 4. The van der Waals surface area contributed by atoms with Crippen LogP contribution in [0.3, 0.4) is 0 Å². The van der Waals surface area contributed by atoms with E-state index >= 15 is 0 Å². The van der Waals surface area contributed by atoms with E-state index in [1.54, 1.807) is 12.1 Å². The van der Waals surface area contributed by atoms with Crippen molar-refractivity contribution in [3.05, 3.63) is 68.4 Å². The van der Waals surface area contributed by atoms with Crippen LogP contribution in [0.25, 0.3) is 0 Å². The molecule has 13 heteroatoms. The smallest absolute Gasteiger partial charge is 0.316 e. The van der Waals surface area contributed by atoms with E-state index in [9.17, 15) is 29.4 Å². The fraction of sp³-hybridized carbons (Fsp3) is 0.583. The fourth-order valence-corrected chi connectivity index (χ4v) is 14.9. The first-order valence-electron chi connectivity index (χ1n) is 22.6. The molecule has 1 aromatic heterocycles. The monoisotopic (exact) mass is 846 g/mol. The Hall–Kier alpha value is -4.14. The minimum absolute atomic E-state index is 0.00836. The van der Waals surface area contributed by atoms with E-state index in [1.807, 2.05) is 24.3 Å². The van der Waals surface area contributed by atoms with Gasteiger partial charge in [-0.3, -0.25) is 29.0 Å². The molecule has 3 aromatic rings. The zero-order valence-electron chi connectivity index (χ0n) is 34.1. The van der Waals surface area contributed by atoms with E-state index in [2.05, 4.69) is 9.80 Å². The molecule has 5 heterocycles. The van der Waals surface area contributed by atoms with Crippen molar-refractivity contribution in [3.8, 4) is 23.0 Å². The Balaban J connectivity index is 0.712. The first-order valence-corrected chi connectivity index (χ1v) is 23.4. The van der Waals surface area contributed by atoms with E-state index in [4.69, 9.17) is 18.9 Å². The van der Waals surface area contributed by atoms with Gasteiger partial charge in [0.15, 0.2) is 46.8 Å². The summed E-state index contributed by atoms with van der Waals surface area (Å²) in [6, 6.07) is 11.0. The molecule has 2 N–H and O–H groups in total. The van der Waals surface area contributed by atoms with Gasteiger partial charge in [-0.05, 0) is 125 Å². The summed E-state index contributed by atoms with van der Waals surface area (Å²) in [6.45, 7) is 3.54. The highest BCUT2D eigenvalue weighted by Crippen LogP contribution is 2.67. The summed E-state index contributed by atoms with van der Waals surface area (Å²) in [5.74, 6) is 1.71. The van der Waals surface area contributed by atoms with Gasteiger partial charge in [0.05, 0.1) is 34.9 Å².